The first-order valence-electron chi connectivity index (χ1n) is 10.9. The molecule has 1 aromatic carbocycles. The summed E-state index contributed by atoms with van der Waals surface area (Å²) in [6.07, 6.45) is 9.14. The van der Waals surface area contributed by atoms with Crippen molar-refractivity contribution in [2.45, 2.75) is 38.3 Å². The molecule has 3 heterocycles. The van der Waals surface area contributed by atoms with Gasteiger partial charge >= 0.3 is 0 Å². The second kappa shape index (κ2) is 8.85. The molecule has 3 N–H and O–H groups in total. The third-order valence-electron chi connectivity index (χ3n) is 5.79. The van der Waals surface area contributed by atoms with E-state index < -0.39 is 5.82 Å². The van der Waals surface area contributed by atoms with Crippen molar-refractivity contribution in [3.8, 4) is 16.9 Å². The Morgan fingerprint density at radius 3 is 2.88 bits per heavy atom. The zero-order valence-electron chi connectivity index (χ0n) is 17.9. The third-order valence-corrected chi connectivity index (χ3v) is 5.79. The van der Waals surface area contributed by atoms with Crippen LogP contribution in [0.25, 0.3) is 16.8 Å². The molecule has 1 aliphatic carbocycles. The maximum atomic E-state index is 14.5. The minimum absolute atomic E-state index is 0.0166. The number of ether oxygens (including phenoxy) is 1. The highest BCUT2D eigenvalue weighted by Gasteiger charge is 2.20. The lowest BCUT2D eigenvalue weighted by atomic mass is 10.1. The first-order valence-corrected chi connectivity index (χ1v) is 10.9. The molecule has 0 radical (unpaired) electrons. The van der Waals surface area contributed by atoms with Crippen LogP contribution in [0.4, 0.5) is 10.3 Å². The summed E-state index contributed by atoms with van der Waals surface area (Å²) in [5.41, 5.74) is 8.50. The summed E-state index contributed by atoms with van der Waals surface area (Å²) in [5, 5.41) is 6.85. The Bertz CT molecular complexity index is 1320. The average Bonchev–Trinajstić information content (AvgIpc) is 3.46. The van der Waals surface area contributed by atoms with Crippen molar-refractivity contribution in [1.82, 2.24) is 24.9 Å². The SMILES string of the molecule is Nc1nc2cc(-c3cncc(C(=O)NCc4c(F)cccc4OC4CCCC4)c3)ccn2n1. The molecule has 0 spiro atoms. The summed E-state index contributed by atoms with van der Waals surface area (Å²) in [5.74, 6) is -0.0939. The highest BCUT2D eigenvalue weighted by Crippen LogP contribution is 2.28. The molecule has 1 fully saturated rings. The van der Waals surface area contributed by atoms with Gasteiger partial charge in [-0.25, -0.2) is 8.91 Å². The Morgan fingerprint density at radius 2 is 2.03 bits per heavy atom. The van der Waals surface area contributed by atoms with Crippen LogP contribution in [-0.4, -0.2) is 31.6 Å². The fourth-order valence-corrected chi connectivity index (χ4v) is 4.08. The van der Waals surface area contributed by atoms with Crippen molar-refractivity contribution in [2.24, 2.45) is 0 Å². The highest BCUT2D eigenvalue weighted by molar-refractivity contribution is 5.95. The number of nitrogens with zero attached hydrogens (tertiary/aromatic N) is 4. The van der Waals surface area contributed by atoms with Gasteiger partial charge in [-0.05, 0) is 61.6 Å². The number of rotatable bonds is 6. The van der Waals surface area contributed by atoms with Gasteiger partial charge in [0, 0.05) is 36.3 Å². The first-order chi connectivity index (χ1) is 16.1. The van der Waals surface area contributed by atoms with Crippen molar-refractivity contribution >= 4 is 17.5 Å². The van der Waals surface area contributed by atoms with Crippen molar-refractivity contribution in [3.05, 3.63) is 71.9 Å². The molecule has 33 heavy (non-hydrogen) atoms. The lowest BCUT2D eigenvalue weighted by Crippen LogP contribution is -2.24. The summed E-state index contributed by atoms with van der Waals surface area (Å²) in [7, 11) is 0. The van der Waals surface area contributed by atoms with Crippen LogP contribution in [0.3, 0.4) is 0 Å². The normalized spacial score (nSPS) is 14.0. The van der Waals surface area contributed by atoms with E-state index in [0.29, 0.717) is 22.5 Å². The maximum absolute atomic E-state index is 14.5. The fraction of sp³-hybridized carbons (Fsp3) is 0.250. The van der Waals surface area contributed by atoms with E-state index in [1.807, 2.05) is 12.1 Å². The number of nitrogen functional groups attached to an aromatic ring is 1. The number of fused-ring (bicyclic) bond motifs is 1. The summed E-state index contributed by atoms with van der Waals surface area (Å²) >= 11 is 0. The Kier molecular flexibility index (Phi) is 5.60. The van der Waals surface area contributed by atoms with E-state index in [9.17, 15) is 9.18 Å². The van der Waals surface area contributed by atoms with Crippen molar-refractivity contribution < 1.29 is 13.9 Å². The molecule has 0 atom stereocenters. The number of carbonyl (C=O) groups is 1. The van der Waals surface area contributed by atoms with Gasteiger partial charge in [0.1, 0.15) is 11.6 Å². The Hall–Kier alpha value is -4.01. The van der Waals surface area contributed by atoms with E-state index in [1.54, 1.807) is 35.1 Å². The van der Waals surface area contributed by atoms with Crippen molar-refractivity contribution in [2.75, 3.05) is 5.73 Å². The zero-order chi connectivity index (χ0) is 22.8. The number of carbonyl (C=O) groups excluding carboxylic acids is 1. The predicted octanol–water partition coefficient (Wildman–Crippen LogP) is 3.76. The Labute approximate surface area is 189 Å². The smallest absolute Gasteiger partial charge is 0.253 e. The predicted molar refractivity (Wildman–Crippen MR) is 121 cm³/mol. The molecule has 5 rings (SSSR count). The number of amides is 1. The second-order valence-electron chi connectivity index (χ2n) is 8.07. The van der Waals surface area contributed by atoms with Crippen LogP contribution in [0.2, 0.25) is 0 Å². The van der Waals surface area contributed by atoms with Gasteiger partial charge in [-0.2, -0.15) is 4.98 Å². The maximum Gasteiger partial charge on any atom is 0.253 e. The summed E-state index contributed by atoms with van der Waals surface area (Å²) in [6.45, 7) is 0.0166. The van der Waals surface area contributed by atoms with Crippen LogP contribution in [0.1, 0.15) is 41.6 Å². The van der Waals surface area contributed by atoms with Gasteiger partial charge in [-0.3, -0.25) is 9.78 Å². The van der Waals surface area contributed by atoms with E-state index in [4.69, 9.17) is 10.5 Å². The summed E-state index contributed by atoms with van der Waals surface area (Å²) in [4.78, 5) is 21.2. The molecule has 3 aromatic heterocycles. The van der Waals surface area contributed by atoms with Crippen molar-refractivity contribution in [3.63, 3.8) is 0 Å². The molecule has 1 amide bonds. The molecular weight excluding hydrogens is 423 g/mol. The van der Waals surface area contributed by atoms with Crippen LogP contribution in [-0.2, 0) is 6.54 Å². The molecule has 4 aromatic rings. The minimum Gasteiger partial charge on any atom is -0.490 e. The van der Waals surface area contributed by atoms with Gasteiger partial charge in [0.25, 0.3) is 5.91 Å². The third kappa shape index (κ3) is 4.48. The van der Waals surface area contributed by atoms with Crippen LogP contribution < -0.4 is 15.8 Å². The molecule has 8 nitrogen and oxygen atoms in total. The van der Waals surface area contributed by atoms with Gasteiger partial charge in [0.05, 0.1) is 11.7 Å². The van der Waals surface area contributed by atoms with Gasteiger partial charge in [-0.15, -0.1) is 5.10 Å². The molecular formula is C24H23FN6O2. The van der Waals surface area contributed by atoms with Crippen molar-refractivity contribution in [1.29, 1.82) is 0 Å². The van der Waals surface area contributed by atoms with Gasteiger partial charge in [-0.1, -0.05) is 6.07 Å². The van der Waals surface area contributed by atoms with Gasteiger partial charge in [0.15, 0.2) is 5.65 Å². The number of pyridine rings is 2. The number of hydrogen-bond acceptors (Lipinski definition) is 6. The Morgan fingerprint density at radius 1 is 1.18 bits per heavy atom. The van der Waals surface area contributed by atoms with E-state index in [-0.39, 0.29) is 24.5 Å². The van der Waals surface area contributed by atoms with E-state index in [1.165, 1.54) is 12.3 Å². The number of nitrogens with one attached hydrogen (secondary N) is 1. The second-order valence-corrected chi connectivity index (χ2v) is 8.07. The van der Waals surface area contributed by atoms with E-state index in [0.717, 1.165) is 36.8 Å². The lowest BCUT2D eigenvalue weighted by molar-refractivity contribution is 0.0949. The summed E-state index contributed by atoms with van der Waals surface area (Å²) < 4.78 is 22.1. The van der Waals surface area contributed by atoms with Crippen LogP contribution in [0.5, 0.6) is 5.75 Å². The number of aromatic nitrogens is 4. The number of anilines is 1. The van der Waals surface area contributed by atoms with E-state index >= 15 is 0 Å². The van der Waals surface area contributed by atoms with Crippen LogP contribution >= 0.6 is 0 Å². The van der Waals surface area contributed by atoms with Crippen LogP contribution in [0, 0.1) is 5.82 Å². The first kappa shape index (κ1) is 20.9. The molecule has 9 heteroatoms. The largest absolute Gasteiger partial charge is 0.490 e. The number of halogens is 1. The summed E-state index contributed by atoms with van der Waals surface area (Å²) in [6, 6.07) is 10.1. The average molecular weight is 446 g/mol. The molecule has 1 saturated carbocycles. The molecule has 0 aliphatic heterocycles. The van der Waals surface area contributed by atoms with Gasteiger partial charge in [0.2, 0.25) is 5.95 Å². The number of benzene rings is 1. The lowest BCUT2D eigenvalue weighted by Gasteiger charge is -2.17. The fourth-order valence-electron chi connectivity index (χ4n) is 4.08. The van der Waals surface area contributed by atoms with E-state index in [2.05, 4.69) is 20.4 Å². The standard InChI is InChI=1S/C24H23FN6O2/c25-20-6-3-7-21(33-18-4-1-2-5-18)19(20)14-28-23(32)17-10-16(12-27-13-17)15-8-9-31-22(11-15)29-24(26)30-31/h3,6-13,18H,1-2,4-5,14H2,(H2,26,30)(H,28,32). The highest BCUT2D eigenvalue weighted by atomic mass is 19.1. The monoisotopic (exact) mass is 446 g/mol. The number of nitrogens with two attached hydrogens (primary N) is 1. The Balaban J connectivity index is 1.32. The zero-order valence-corrected chi connectivity index (χ0v) is 17.9. The number of hydrogen-bond donors (Lipinski definition) is 2. The molecule has 168 valence electrons. The minimum atomic E-state index is -0.404. The molecule has 0 bridgehead atoms. The topological polar surface area (TPSA) is 107 Å². The quantitative estimate of drug-likeness (QED) is 0.467. The molecule has 0 unspecified atom stereocenters. The van der Waals surface area contributed by atoms with Crippen LogP contribution in [0.15, 0.2) is 55.0 Å². The molecule has 0 saturated heterocycles. The molecule has 1 aliphatic rings. The van der Waals surface area contributed by atoms with Gasteiger partial charge < -0.3 is 15.8 Å².